The van der Waals surface area contributed by atoms with Crippen molar-refractivity contribution in [3.63, 3.8) is 0 Å². The fourth-order valence-electron chi connectivity index (χ4n) is 3.81. The summed E-state index contributed by atoms with van der Waals surface area (Å²) in [5.74, 6) is -0.0732. The minimum Gasteiger partial charge on any atom is -0.353 e. The molecule has 138 valence electrons. The van der Waals surface area contributed by atoms with E-state index < -0.39 is 16.1 Å². The molecule has 2 aliphatic rings. The van der Waals surface area contributed by atoms with Gasteiger partial charge in [0.1, 0.15) is 6.04 Å². The van der Waals surface area contributed by atoms with Crippen LogP contribution in [0.15, 0.2) is 24.3 Å². The molecule has 1 aromatic carbocycles. The molecular weight excluding hydrogens is 338 g/mol. The minimum absolute atomic E-state index is 0.0796. The van der Waals surface area contributed by atoms with Gasteiger partial charge in [-0.3, -0.25) is 4.79 Å². The molecule has 25 heavy (non-hydrogen) atoms. The molecule has 2 atom stereocenters. The van der Waals surface area contributed by atoms with Crippen LogP contribution in [-0.4, -0.2) is 50.1 Å². The highest BCUT2D eigenvalue weighted by molar-refractivity contribution is 7.89. The second kappa shape index (κ2) is 7.85. The molecule has 3 rings (SSSR count). The molecule has 6 nitrogen and oxygen atoms in total. The molecular formula is C18H27N3O3S. The van der Waals surface area contributed by atoms with Crippen molar-refractivity contribution in [3.8, 4) is 0 Å². The van der Waals surface area contributed by atoms with Gasteiger partial charge in [0, 0.05) is 19.1 Å². The van der Waals surface area contributed by atoms with Crippen LogP contribution in [0.25, 0.3) is 0 Å². The fraction of sp³-hybridized carbons (Fsp3) is 0.611. The second-order valence-corrected chi connectivity index (χ2v) is 8.83. The van der Waals surface area contributed by atoms with Gasteiger partial charge < -0.3 is 10.6 Å². The zero-order valence-corrected chi connectivity index (χ0v) is 15.5. The largest absolute Gasteiger partial charge is 0.353 e. The van der Waals surface area contributed by atoms with Crippen molar-refractivity contribution in [3.05, 3.63) is 35.4 Å². The lowest BCUT2D eigenvalue weighted by atomic mass is 9.94. The van der Waals surface area contributed by atoms with Crippen LogP contribution >= 0.6 is 0 Å². The summed E-state index contributed by atoms with van der Waals surface area (Å²) in [4.78, 5) is 12.6. The first-order valence-corrected chi connectivity index (χ1v) is 10.7. The van der Waals surface area contributed by atoms with Gasteiger partial charge in [0.05, 0.1) is 5.75 Å². The van der Waals surface area contributed by atoms with Crippen molar-refractivity contribution in [2.45, 2.75) is 44.7 Å². The van der Waals surface area contributed by atoms with Gasteiger partial charge >= 0.3 is 0 Å². The number of benzene rings is 1. The van der Waals surface area contributed by atoms with Crippen LogP contribution in [0.4, 0.5) is 0 Å². The van der Waals surface area contributed by atoms with E-state index in [0.717, 1.165) is 19.4 Å². The van der Waals surface area contributed by atoms with Gasteiger partial charge in [-0.15, -0.1) is 0 Å². The van der Waals surface area contributed by atoms with Crippen LogP contribution < -0.4 is 10.6 Å². The molecule has 2 N–H and O–H groups in total. The number of fused-ring (bicyclic) bond motifs is 1. The van der Waals surface area contributed by atoms with E-state index in [4.69, 9.17) is 0 Å². The molecule has 2 heterocycles. The maximum Gasteiger partial charge on any atom is 0.238 e. The summed E-state index contributed by atoms with van der Waals surface area (Å²) >= 11 is 0. The number of sulfonamides is 1. The van der Waals surface area contributed by atoms with Gasteiger partial charge in [-0.05, 0) is 43.4 Å². The first-order chi connectivity index (χ1) is 12.0. The van der Waals surface area contributed by atoms with Crippen LogP contribution in [0.1, 0.15) is 43.4 Å². The fourth-order valence-corrected chi connectivity index (χ4v) is 5.55. The monoisotopic (exact) mass is 365 g/mol. The Balaban J connectivity index is 1.63. The Hall–Kier alpha value is -1.44. The highest BCUT2D eigenvalue weighted by atomic mass is 32.2. The van der Waals surface area contributed by atoms with Crippen LogP contribution in [0.3, 0.4) is 0 Å². The maximum atomic E-state index is 12.6. The summed E-state index contributed by atoms with van der Waals surface area (Å²) in [6.07, 6.45) is 2.90. The van der Waals surface area contributed by atoms with E-state index in [1.165, 1.54) is 15.4 Å². The third kappa shape index (κ3) is 4.04. The van der Waals surface area contributed by atoms with E-state index >= 15 is 0 Å². The van der Waals surface area contributed by atoms with Gasteiger partial charge in [-0.1, -0.05) is 31.2 Å². The Morgan fingerprint density at radius 2 is 2.16 bits per heavy atom. The first kappa shape index (κ1) is 18.4. The van der Waals surface area contributed by atoms with E-state index in [2.05, 4.69) is 22.8 Å². The predicted octanol–water partition coefficient (Wildman–Crippen LogP) is 1.19. The van der Waals surface area contributed by atoms with Crippen LogP contribution in [-0.2, 0) is 21.2 Å². The average Bonchev–Trinajstić information content (AvgIpc) is 3.10. The summed E-state index contributed by atoms with van der Waals surface area (Å²) in [6.45, 7) is 3.66. The Labute approximate surface area is 150 Å². The van der Waals surface area contributed by atoms with Gasteiger partial charge in [0.25, 0.3) is 0 Å². The quantitative estimate of drug-likeness (QED) is 0.794. The molecule has 1 saturated heterocycles. The van der Waals surface area contributed by atoms with Crippen LogP contribution in [0, 0.1) is 0 Å². The highest BCUT2D eigenvalue weighted by Crippen LogP contribution is 2.24. The number of hydrogen-bond donors (Lipinski definition) is 2. The molecule has 0 spiro atoms. The number of rotatable bonds is 6. The molecule has 2 unspecified atom stereocenters. The summed E-state index contributed by atoms with van der Waals surface area (Å²) in [5, 5.41) is 6.41. The Morgan fingerprint density at radius 1 is 1.36 bits per heavy atom. The zero-order chi connectivity index (χ0) is 17.9. The molecule has 0 bridgehead atoms. The lowest BCUT2D eigenvalue weighted by Crippen LogP contribution is -2.48. The Morgan fingerprint density at radius 3 is 2.96 bits per heavy atom. The molecule has 0 radical (unpaired) electrons. The number of nitrogens with one attached hydrogen (secondary N) is 2. The van der Waals surface area contributed by atoms with Crippen molar-refractivity contribution in [2.75, 3.05) is 25.4 Å². The first-order valence-electron chi connectivity index (χ1n) is 9.11. The van der Waals surface area contributed by atoms with Crippen LogP contribution in [0.5, 0.6) is 0 Å². The summed E-state index contributed by atoms with van der Waals surface area (Å²) in [7, 11) is -3.34. The lowest BCUT2D eigenvalue weighted by Gasteiger charge is -2.28. The van der Waals surface area contributed by atoms with E-state index in [-0.39, 0.29) is 17.7 Å². The number of nitrogens with zero attached hydrogens (tertiary/aromatic N) is 1. The number of amides is 1. The Bertz CT molecular complexity index is 720. The third-order valence-corrected chi connectivity index (χ3v) is 7.10. The van der Waals surface area contributed by atoms with Crippen molar-refractivity contribution in [1.29, 1.82) is 0 Å². The van der Waals surface area contributed by atoms with Crippen molar-refractivity contribution >= 4 is 15.9 Å². The van der Waals surface area contributed by atoms with Crippen molar-refractivity contribution in [1.82, 2.24) is 14.9 Å². The summed E-state index contributed by atoms with van der Waals surface area (Å²) in [5.41, 5.74) is 2.53. The van der Waals surface area contributed by atoms with Crippen molar-refractivity contribution in [2.24, 2.45) is 0 Å². The van der Waals surface area contributed by atoms with Gasteiger partial charge in [-0.2, -0.15) is 4.31 Å². The number of carbonyl (C=O) groups is 1. The van der Waals surface area contributed by atoms with E-state index in [9.17, 15) is 13.2 Å². The maximum absolute atomic E-state index is 12.6. The van der Waals surface area contributed by atoms with Crippen molar-refractivity contribution < 1.29 is 13.2 Å². The second-order valence-electron chi connectivity index (χ2n) is 6.79. The zero-order valence-electron chi connectivity index (χ0n) is 14.7. The smallest absolute Gasteiger partial charge is 0.238 e. The standard InChI is InChI=1S/C18H27N3O3S/c1-2-12-25(23,24)21-11-5-8-17(21)18(22)20-13-16-15-7-4-3-6-14(15)9-10-19-16/h3-4,6-7,16-17,19H,2,5,8-13H2,1H3,(H,20,22). The molecule has 0 aliphatic carbocycles. The molecule has 0 aromatic heterocycles. The summed E-state index contributed by atoms with van der Waals surface area (Å²) < 4.78 is 26.1. The number of carbonyl (C=O) groups excluding carboxylic acids is 1. The molecule has 7 heteroatoms. The minimum atomic E-state index is -3.34. The molecule has 1 amide bonds. The Kier molecular flexibility index (Phi) is 5.76. The van der Waals surface area contributed by atoms with Crippen LogP contribution in [0.2, 0.25) is 0 Å². The molecule has 1 fully saturated rings. The topological polar surface area (TPSA) is 78.5 Å². The third-order valence-electron chi connectivity index (χ3n) is 5.02. The molecule has 0 saturated carbocycles. The van der Waals surface area contributed by atoms with Gasteiger partial charge in [0.15, 0.2) is 0 Å². The van der Waals surface area contributed by atoms with Gasteiger partial charge in [0.2, 0.25) is 15.9 Å². The summed E-state index contributed by atoms with van der Waals surface area (Å²) in [6, 6.07) is 7.78. The van der Waals surface area contributed by atoms with Gasteiger partial charge in [-0.25, -0.2) is 8.42 Å². The number of hydrogen-bond acceptors (Lipinski definition) is 4. The predicted molar refractivity (Wildman–Crippen MR) is 97.7 cm³/mol. The highest BCUT2D eigenvalue weighted by Gasteiger charge is 2.38. The van der Waals surface area contributed by atoms with E-state index in [1.807, 2.05) is 19.1 Å². The molecule has 1 aromatic rings. The SMILES string of the molecule is CCCS(=O)(=O)N1CCCC1C(=O)NCC1NCCc2ccccc21. The average molecular weight is 365 g/mol. The molecule has 2 aliphatic heterocycles. The lowest BCUT2D eigenvalue weighted by molar-refractivity contribution is -0.124. The normalized spacial score (nSPS) is 24.0. The van der Waals surface area contributed by atoms with E-state index in [1.54, 1.807) is 0 Å². The van der Waals surface area contributed by atoms with E-state index in [0.29, 0.717) is 25.9 Å².